The molecule has 2 aromatic carbocycles. The van der Waals surface area contributed by atoms with E-state index >= 15 is 0 Å². The van der Waals surface area contributed by atoms with Crippen LogP contribution in [0.5, 0.6) is 5.75 Å². The zero-order chi connectivity index (χ0) is 28.1. The maximum Gasteiger partial charge on any atom is 0.253 e. The number of carbonyl (C=O) groups is 1. The standard InChI is InChI=1S/C30H34BrF2N5O2/c1-40-25-5-2-21(3-6-25)20-36-10-8-24(9-11-36)37-12-14-38(15-13-37)29-26(31)17-23(19-34-29)30(39)35-18-22-4-7-27(32)28(33)16-22/h2-7,16-17,19,24H,8-15,18,20H2,1H3,(H,35,39). The van der Waals surface area contributed by atoms with E-state index in [9.17, 15) is 13.6 Å². The van der Waals surface area contributed by atoms with Crippen molar-refractivity contribution < 1.29 is 18.3 Å². The summed E-state index contributed by atoms with van der Waals surface area (Å²) in [4.78, 5) is 24.6. The highest BCUT2D eigenvalue weighted by molar-refractivity contribution is 9.10. The number of rotatable bonds is 8. The molecule has 0 atom stereocenters. The molecule has 40 heavy (non-hydrogen) atoms. The van der Waals surface area contributed by atoms with Crippen LogP contribution in [0.3, 0.4) is 0 Å². The number of piperazine rings is 1. The van der Waals surface area contributed by atoms with E-state index in [4.69, 9.17) is 4.74 Å². The van der Waals surface area contributed by atoms with Gasteiger partial charge >= 0.3 is 0 Å². The van der Waals surface area contributed by atoms with E-state index in [1.807, 2.05) is 12.1 Å². The zero-order valence-corrected chi connectivity index (χ0v) is 24.2. The minimum atomic E-state index is -0.934. The summed E-state index contributed by atoms with van der Waals surface area (Å²) in [6.07, 6.45) is 3.91. The number of anilines is 1. The molecule has 3 heterocycles. The molecule has 0 bridgehead atoms. The van der Waals surface area contributed by atoms with Crippen molar-refractivity contribution in [2.45, 2.75) is 32.0 Å². The first-order chi connectivity index (χ1) is 19.4. The number of pyridine rings is 1. The van der Waals surface area contributed by atoms with Crippen molar-refractivity contribution in [3.63, 3.8) is 0 Å². The third kappa shape index (κ3) is 6.97. The van der Waals surface area contributed by atoms with Crippen LogP contribution < -0.4 is 15.0 Å². The highest BCUT2D eigenvalue weighted by Gasteiger charge is 2.28. The number of likely N-dealkylation sites (tertiary alicyclic amines) is 1. The molecule has 0 unspecified atom stereocenters. The van der Waals surface area contributed by atoms with Crippen LogP contribution in [0.4, 0.5) is 14.6 Å². The summed E-state index contributed by atoms with van der Waals surface area (Å²) in [5.74, 6) is -0.456. The second kappa shape index (κ2) is 13.1. The Morgan fingerprint density at radius 1 is 0.975 bits per heavy atom. The number of amides is 1. The molecule has 1 amide bonds. The predicted molar refractivity (Wildman–Crippen MR) is 155 cm³/mol. The lowest BCUT2D eigenvalue weighted by Crippen LogP contribution is -2.53. The van der Waals surface area contributed by atoms with Gasteiger partial charge in [0.15, 0.2) is 11.6 Å². The topological polar surface area (TPSA) is 60.9 Å². The zero-order valence-electron chi connectivity index (χ0n) is 22.6. The average Bonchev–Trinajstić information content (AvgIpc) is 2.98. The minimum Gasteiger partial charge on any atom is -0.497 e. The molecule has 0 aliphatic carbocycles. The SMILES string of the molecule is COc1ccc(CN2CCC(N3CCN(c4ncc(C(=O)NCc5ccc(F)c(F)c5)cc4Br)CC3)CC2)cc1. The summed E-state index contributed by atoms with van der Waals surface area (Å²) >= 11 is 3.60. The van der Waals surface area contributed by atoms with Gasteiger partial charge in [-0.15, -0.1) is 0 Å². The molecule has 5 rings (SSSR count). The lowest BCUT2D eigenvalue weighted by molar-refractivity contribution is 0.0950. The third-order valence-corrected chi connectivity index (χ3v) is 8.36. The number of carbonyl (C=O) groups excluding carboxylic acids is 1. The Labute approximate surface area is 242 Å². The quantitative estimate of drug-likeness (QED) is 0.392. The number of methoxy groups -OCH3 is 1. The van der Waals surface area contributed by atoms with Gasteiger partial charge in [0.2, 0.25) is 0 Å². The number of halogens is 3. The number of benzene rings is 2. The summed E-state index contributed by atoms with van der Waals surface area (Å²) in [7, 11) is 1.69. The number of piperidine rings is 1. The molecule has 1 N–H and O–H groups in total. The molecule has 7 nitrogen and oxygen atoms in total. The highest BCUT2D eigenvalue weighted by Crippen LogP contribution is 2.27. The largest absolute Gasteiger partial charge is 0.497 e. The summed E-state index contributed by atoms with van der Waals surface area (Å²) in [5, 5.41) is 2.73. The molecule has 2 aliphatic rings. The molecule has 1 aromatic heterocycles. The van der Waals surface area contributed by atoms with E-state index in [1.54, 1.807) is 19.4 Å². The van der Waals surface area contributed by atoms with E-state index < -0.39 is 11.6 Å². The molecular formula is C30H34BrF2N5O2. The summed E-state index contributed by atoms with van der Waals surface area (Å²) in [6.45, 7) is 6.98. The Bertz CT molecular complexity index is 1310. The minimum absolute atomic E-state index is 0.0950. The molecule has 212 valence electrons. The van der Waals surface area contributed by atoms with Crippen molar-refractivity contribution in [2.75, 3.05) is 51.3 Å². The fourth-order valence-corrected chi connectivity index (χ4v) is 6.05. The predicted octanol–water partition coefficient (Wildman–Crippen LogP) is 4.85. The van der Waals surface area contributed by atoms with E-state index in [0.29, 0.717) is 17.2 Å². The van der Waals surface area contributed by atoms with Gasteiger partial charge in [-0.1, -0.05) is 18.2 Å². The molecule has 10 heteroatoms. The Hall–Kier alpha value is -3.08. The summed E-state index contributed by atoms with van der Waals surface area (Å²) < 4.78 is 32.6. The van der Waals surface area contributed by atoms with E-state index in [2.05, 4.69) is 53.1 Å². The number of ether oxygens (including phenoxy) is 1. The van der Waals surface area contributed by atoms with Crippen molar-refractivity contribution in [3.05, 3.63) is 87.5 Å². The second-order valence-corrected chi connectivity index (χ2v) is 11.2. The fraction of sp³-hybridized carbons (Fsp3) is 0.400. The van der Waals surface area contributed by atoms with Gasteiger partial charge in [-0.3, -0.25) is 14.6 Å². The van der Waals surface area contributed by atoms with E-state index in [-0.39, 0.29) is 12.5 Å². The first kappa shape index (κ1) is 28.4. The van der Waals surface area contributed by atoms with Gasteiger partial charge in [0.1, 0.15) is 11.6 Å². The van der Waals surface area contributed by atoms with Gasteiger partial charge in [-0.05, 0) is 83.3 Å². The van der Waals surface area contributed by atoms with Crippen LogP contribution in [0.1, 0.15) is 34.3 Å². The number of hydrogen-bond donors (Lipinski definition) is 1. The smallest absolute Gasteiger partial charge is 0.253 e. The van der Waals surface area contributed by atoms with E-state index in [0.717, 1.165) is 74.0 Å². The van der Waals surface area contributed by atoms with E-state index in [1.165, 1.54) is 24.5 Å². The van der Waals surface area contributed by atoms with Crippen molar-refractivity contribution in [1.82, 2.24) is 20.1 Å². The molecule has 2 aliphatic heterocycles. The molecule has 2 fully saturated rings. The molecule has 0 spiro atoms. The van der Waals surface area contributed by atoms with Crippen molar-refractivity contribution in [2.24, 2.45) is 0 Å². The maximum absolute atomic E-state index is 13.4. The van der Waals surface area contributed by atoms with Gasteiger partial charge in [0.05, 0.1) is 17.1 Å². The van der Waals surface area contributed by atoms with Crippen LogP contribution in [0, 0.1) is 11.6 Å². The normalized spacial score (nSPS) is 17.1. The Balaban J connectivity index is 1.08. The van der Waals surface area contributed by atoms with Crippen molar-refractivity contribution in [1.29, 1.82) is 0 Å². The maximum atomic E-state index is 13.4. The fourth-order valence-electron chi connectivity index (χ4n) is 5.45. The molecule has 2 saturated heterocycles. The van der Waals surface area contributed by atoms with Crippen LogP contribution in [0.2, 0.25) is 0 Å². The number of nitrogens with one attached hydrogen (secondary N) is 1. The Morgan fingerprint density at radius 3 is 2.33 bits per heavy atom. The van der Waals surface area contributed by atoms with Crippen LogP contribution in [-0.4, -0.2) is 73.1 Å². The first-order valence-corrected chi connectivity index (χ1v) is 14.4. The van der Waals surface area contributed by atoms with Gasteiger partial charge in [0, 0.05) is 51.5 Å². The monoisotopic (exact) mass is 613 g/mol. The van der Waals surface area contributed by atoms with Crippen molar-refractivity contribution in [3.8, 4) is 5.75 Å². The van der Waals surface area contributed by atoms with Crippen molar-refractivity contribution >= 4 is 27.7 Å². The Kier molecular flexibility index (Phi) is 9.29. The number of nitrogens with zero attached hydrogens (tertiary/aromatic N) is 4. The van der Waals surface area contributed by atoms with Crippen LogP contribution in [0.25, 0.3) is 0 Å². The van der Waals surface area contributed by atoms with Gasteiger partial charge < -0.3 is 15.0 Å². The van der Waals surface area contributed by atoms with Gasteiger partial charge in [-0.2, -0.15) is 0 Å². The third-order valence-electron chi connectivity index (χ3n) is 7.77. The molecule has 0 saturated carbocycles. The highest BCUT2D eigenvalue weighted by atomic mass is 79.9. The van der Waals surface area contributed by atoms with Crippen LogP contribution in [-0.2, 0) is 13.1 Å². The number of aromatic nitrogens is 1. The van der Waals surface area contributed by atoms with Gasteiger partial charge in [0.25, 0.3) is 5.91 Å². The summed E-state index contributed by atoms with van der Waals surface area (Å²) in [6, 6.07) is 14.3. The first-order valence-electron chi connectivity index (χ1n) is 13.6. The lowest BCUT2D eigenvalue weighted by atomic mass is 10.0. The summed E-state index contributed by atoms with van der Waals surface area (Å²) in [5.41, 5.74) is 2.20. The molecule has 0 radical (unpaired) electrons. The second-order valence-electron chi connectivity index (χ2n) is 10.3. The average molecular weight is 615 g/mol. The number of hydrogen-bond acceptors (Lipinski definition) is 6. The van der Waals surface area contributed by atoms with Crippen LogP contribution in [0.15, 0.2) is 59.2 Å². The van der Waals surface area contributed by atoms with Crippen LogP contribution >= 0.6 is 15.9 Å². The molecule has 3 aromatic rings. The lowest BCUT2D eigenvalue weighted by Gasteiger charge is -2.43. The Morgan fingerprint density at radius 2 is 1.68 bits per heavy atom. The molecular weight excluding hydrogens is 580 g/mol. The van der Waals surface area contributed by atoms with Gasteiger partial charge in [-0.25, -0.2) is 13.8 Å².